The summed E-state index contributed by atoms with van der Waals surface area (Å²) in [7, 11) is 0. The zero-order chi connectivity index (χ0) is 16.1. The molecule has 0 atom stereocenters. The molecule has 1 aromatic carbocycles. The number of carbonyl (C=O) groups is 1. The van der Waals surface area contributed by atoms with Crippen LogP contribution in [0.4, 0.5) is 5.69 Å². The van der Waals surface area contributed by atoms with Crippen LogP contribution in [0.25, 0.3) is 5.69 Å². The van der Waals surface area contributed by atoms with Crippen LogP contribution in [0, 0.1) is 6.92 Å². The standard InChI is InChI=1S/C16H15N5O2/c1-12-7-8-17-9-14(12)19-15(22)10-23-16-18-11-21(20-16)13-5-3-2-4-6-13/h2-9,11H,10H2,1H3,(H,19,22). The van der Waals surface area contributed by atoms with Crippen molar-refractivity contribution in [1.29, 1.82) is 0 Å². The number of anilines is 1. The quantitative estimate of drug-likeness (QED) is 0.779. The molecule has 7 heteroatoms. The monoisotopic (exact) mass is 309 g/mol. The van der Waals surface area contributed by atoms with E-state index in [0.717, 1.165) is 11.3 Å². The van der Waals surface area contributed by atoms with Gasteiger partial charge < -0.3 is 10.1 Å². The highest BCUT2D eigenvalue weighted by Crippen LogP contribution is 2.11. The Bertz CT molecular complexity index is 801. The van der Waals surface area contributed by atoms with Crippen LogP contribution in [0.15, 0.2) is 55.1 Å². The average Bonchev–Trinajstić information content (AvgIpc) is 3.05. The Morgan fingerprint density at radius 2 is 2.09 bits per heavy atom. The number of carbonyl (C=O) groups excluding carboxylic acids is 1. The summed E-state index contributed by atoms with van der Waals surface area (Å²) in [6.45, 7) is 1.72. The fourth-order valence-electron chi connectivity index (χ4n) is 1.93. The van der Waals surface area contributed by atoms with Crippen molar-refractivity contribution in [2.45, 2.75) is 6.92 Å². The molecule has 0 aliphatic rings. The van der Waals surface area contributed by atoms with Gasteiger partial charge in [0.25, 0.3) is 5.91 Å². The van der Waals surface area contributed by atoms with Crippen molar-refractivity contribution in [2.24, 2.45) is 0 Å². The van der Waals surface area contributed by atoms with Gasteiger partial charge in [-0.3, -0.25) is 9.78 Å². The number of aryl methyl sites for hydroxylation is 1. The lowest BCUT2D eigenvalue weighted by atomic mass is 10.2. The van der Waals surface area contributed by atoms with Crippen molar-refractivity contribution >= 4 is 11.6 Å². The van der Waals surface area contributed by atoms with Crippen molar-refractivity contribution in [3.63, 3.8) is 0 Å². The van der Waals surface area contributed by atoms with Crippen molar-refractivity contribution < 1.29 is 9.53 Å². The van der Waals surface area contributed by atoms with E-state index in [9.17, 15) is 4.79 Å². The van der Waals surface area contributed by atoms with E-state index < -0.39 is 0 Å². The zero-order valence-electron chi connectivity index (χ0n) is 12.5. The molecule has 0 aliphatic carbocycles. The third-order valence-electron chi connectivity index (χ3n) is 3.14. The summed E-state index contributed by atoms with van der Waals surface area (Å²) in [4.78, 5) is 19.9. The molecular formula is C16H15N5O2. The maximum atomic E-state index is 11.9. The number of aromatic nitrogens is 4. The number of nitrogens with zero attached hydrogens (tertiary/aromatic N) is 4. The van der Waals surface area contributed by atoms with Gasteiger partial charge >= 0.3 is 6.01 Å². The molecule has 2 heterocycles. The predicted molar refractivity (Wildman–Crippen MR) is 84.5 cm³/mol. The molecule has 0 radical (unpaired) electrons. The summed E-state index contributed by atoms with van der Waals surface area (Å²) in [5.74, 6) is -0.294. The molecule has 116 valence electrons. The van der Waals surface area contributed by atoms with Crippen LogP contribution < -0.4 is 10.1 Å². The largest absolute Gasteiger partial charge is 0.452 e. The van der Waals surface area contributed by atoms with Crippen LogP contribution in [-0.2, 0) is 4.79 Å². The minimum atomic E-state index is -0.294. The van der Waals surface area contributed by atoms with E-state index in [4.69, 9.17) is 4.74 Å². The molecule has 0 unspecified atom stereocenters. The first-order valence-corrected chi connectivity index (χ1v) is 7.03. The van der Waals surface area contributed by atoms with E-state index in [1.165, 1.54) is 6.33 Å². The number of benzene rings is 1. The van der Waals surface area contributed by atoms with Gasteiger partial charge in [0.2, 0.25) is 0 Å². The van der Waals surface area contributed by atoms with Gasteiger partial charge in [-0.05, 0) is 30.7 Å². The van der Waals surface area contributed by atoms with Crippen LogP contribution in [0.1, 0.15) is 5.56 Å². The molecule has 0 fully saturated rings. The Morgan fingerprint density at radius 3 is 2.87 bits per heavy atom. The van der Waals surface area contributed by atoms with Crippen LogP contribution in [0.5, 0.6) is 6.01 Å². The van der Waals surface area contributed by atoms with Crippen molar-refractivity contribution in [3.05, 3.63) is 60.7 Å². The highest BCUT2D eigenvalue weighted by atomic mass is 16.5. The minimum Gasteiger partial charge on any atom is -0.452 e. The van der Waals surface area contributed by atoms with Crippen LogP contribution in [0.2, 0.25) is 0 Å². The molecule has 0 saturated carbocycles. The molecule has 2 aromatic heterocycles. The van der Waals surface area contributed by atoms with E-state index in [1.54, 1.807) is 17.1 Å². The maximum absolute atomic E-state index is 11.9. The van der Waals surface area contributed by atoms with Gasteiger partial charge in [-0.1, -0.05) is 18.2 Å². The summed E-state index contributed by atoms with van der Waals surface area (Å²) in [5, 5.41) is 6.90. The van der Waals surface area contributed by atoms with Crippen molar-refractivity contribution in [1.82, 2.24) is 19.7 Å². The summed E-state index contributed by atoms with van der Waals surface area (Å²) >= 11 is 0. The SMILES string of the molecule is Cc1ccncc1NC(=O)COc1ncn(-c2ccccc2)n1. The summed E-state index contributed by atoms with van der Waals surface area (Å²) in [6.07, 6.45) is 4.80. The molecular weight excluding hydrogens is 294 g/mol. The Morgan fingerprint density at radius 1 is 1.26 bits per heavy atom. The van der Waals surface area contributed by atoms with Gasteiger partial charge in [-0.15, -0.1) is 5.10 Å². The van der Waals surface area contributed by atoms with E-state index in [-0.39, 0.29) is 18.5 Å². The molecule has 0 saturated heterocycles. The van der Waals surface area contributed by atoms with Gasteiger partial charge in [0.1, 0.15) is 6.33 Å². The average molecular weight is 309 g/mol. The first-order chi connectivity index (χ1) is 11.2. The Labute approximate surface area is 133 Å². The van der Waals surface area contributed by atoms with Gasteiger partial charge in [0.05, 0.1) is 17.6 Å². The smallest absolute Gasteiger partial charge is 0.336 e. The Hall–Kier alpha value is -3.22. The first-order valence-electron chi connectivity index (χ1n) is 7.03. The molecule has 0 aliphatic heterocycles. The molecule has 3 rings (SSSR count). The summed E-state index contributed by atoms with van der Waals surface area (Å²) in [6, 6.07) is 11.5. The second-order valence-corrected chi connectivity index (χ2v) is 4.83. The van der Waals surface area contributed by atoms with Crippen LogP contribution >= 0.6 is 0 Å². The molecule has 23 heavy (non-hydrogen) atoms. The highest BCUT2D eigenvalue weighted by molar-refractivity contribution is 5.92. The zero-order valence-corrected chi connectivity index (χ0v) is 12.5. The third kappa shape index (κ3) is 3.70. The molecule has 1 amide bonds. The summed E-state index contributed by atoms with van der Waals surface area (Å²) in [5.41, 5.74) is 2.45. The van der Waals surface area contributed by atoms with Gasteiger partial charge in [0.15, 0.2) is 6.61 Å². The molecule has 0 spiro atoms. The minimum absolute atomic E-state index is 0.145. The van der Waals surface area contributed by atoms with Gasteiger partial charge in [-0.25, -0.2) is 4.68 Å². The lowest BCUT2D eigenvalue weighted by Crippen LogP contribution is -2.21. The number of amides is 1. The topological polar surface area (TPSA) is 81.9 Å². The lowest BCUT2D eigenvalue weighted by molar-refractivity contribution is -0.118. The number of para-hydroxylation sites is 1. The van der Waals surface area contributed by atoms with Crippen molar-refractivity contribution in [2.75, 3.05) is 11.9 Å². The number of rotatable bonds is 5. The predicted octanol–water partition coefficient (Wildman–Crippen LogP) is 1.99. The molecule has 0 bridgehead atoms. The summed E-state index contributed by atoms with van der Waals surface area (Å²) < 4.78 is 6.89. The second-order valence-electron chi connectivity index (χ2n) is 4.83. The fraction of sp³-hybridized carbons (Fsp3) is 0.125. The number of nitrogens with one attached hydrogen (secondary N) is 1. The van der Waals surface area contributed by atoms with Crippen LogP contribution in [-0.4, -0.2) is 32.3 Å². The highest BCUT2D eigenvalue weighted by Gasteiger charge is 2.08. The number of ether oxygens (including phenoxy) is 1. The first kappa shape index (κ1) is 14.7. The number of hydrogen-bond acceptors (Lipinski definition) is 5. The van der Waals surface area contributed by atoms with Crippen LogP contribution in [0.3, 0.4) is 0 Å². The van der Waals surface area contributed by atoms with E-state index in [0.29, 0.717) is 5.69 Å². The fourth-order valence-corrected chi connectivity index (χ4v) is 1.93. The van der Waals surface area contributed by atoms with Gasteiger partial charge in [-0.2, -0.15) is 4.98 Å². The van der Waals surface area contributed by atoms with E-state index >= 15 is 0 Å². The molecule has 1 N–H and O–H groups in total. The van der Waals surface area contributed by atoms with Crippen molar-refractivity contribution in [3.8, 4) is 11.7 Å². The Balaban J connectivity index is 1.58. The van der Waals surface area contributed by atoms with E-state index in [1.807, 2.05) is 43.3 Å². The molecule has 7 nitrogen and oxygen atoms in total. The normalized spacial score (nSPS) is 10.3. The second kappa shape index (κ2) is 6.69. The van der Waals surface area contributed by atoms with E-state index in [2.05, 4.69) is 20.4 Å². The maximum Gasteiger partial charge on any atom is 0.336 e. The molecule has 3 aromatic rings. The number of hydrogen-bond donors (Lipinski definition) is 1. The Kier molecular flexibility index (Phi) is 4.28. The van der Waals surface area contributed by atoms with Gasteiger partial charge in [0, 0.05) is 6.20 Å². The third-order valence-corrected chi connectivity index (χ3v) is 3.14. The number of pyridine rings is 1. The lowest BCUT2D eigenvalue weighted by Gasteiger charge is -2.07.